The van der Waals surface area contributed by atoms with Crippen LogP contribution in [0.15, 0.2) is 24.3 Å². The van der Waals surface area contributed by atoms with Gasteiger partial charge in [-0.1, -0.05) is 44.9 Å². The lowest BCUT2D eigenvalue weighted by atomic mass is 9.77. The normalized spacial score (nSPS) is 23.3. The van der Waals surface area contributed by atoms with Crippen molar-refractivity contribution >= 4 is 0 Å². The fourth-order valence-corrected chi connectivity index (χ4v) is 2.79. The number of hydrogen-bond acceptors (Lipinski definition) is 2. The fraction of sp³-hybridized carbons (Fsp3) is 0.600. The van der Waals surface area contributed by atoms with Gasteiger partial charge < -0.3 is 10.5 Å². The SMILES string of the molecule is CCC(CC)CC1(N)CCOc2ccccc21. The van der Waals surface area contributed by atoms with Gasteiger partial charge in [-0.15, -0.1) is 0 Å². The number of benzene rings is 1. The molecule has 1 aliphatic heterocycles. The van der Waals surface area contributed by atoms with Gasteiger partial charge in [0.25, 0.3) is 0 Å². The summed E-state index contributed by atoms with van der Waals surface area (Å²) in [7, 11) is 0. The summed E-state index contributed by atoms with van der Waals surface area (Å²) in [5.41, 5.74) is 7.65. The molecule has 2 nitrogen and oxygen atoms in total. The Kier molecular flexibility index (Phi) is 3.72. The molecule has 0 fully saturated rings. The van der Waals surface area contributed by atoms with Crippen LogP contribution in [0.5, 0.6) is 5.75 Å². The molecule has 0 aromatic heterocycles. The third-order valence-corrected chi connectivity index (χ3v) is 4.04. The number of fused-ring (bicyclic) bond motifs is 1. The van der Waals surface area contributed by atoms with E-state index in [1.54, 1.807) is 0 Å². The first-order valence-electron chi connectivity index (χ1n) is 6.70. The van der Waals surface area contributed by atoms with Crippen LogP contribution in [0, 0.1) is 5.92 Å². The number of ether oxygens (including phenoxy) is 1. The maximum Gasteiger partial charge on any atom is 0.124 e. The van der Waals surface area contributed by atoms with Crippen molar-refractivity contribution in [1.29, 1.82) is 0 Å². The Morgan fingerprint density at radius 3 is 2.71 bits per heavy atom. The summed E-state index contributed by atoms with van der Waals surface area (Å²) in [5, 5.41) is 0. The Morgan fingerprint density at radius 2 is 2.00 bits per heavy atom. The molecule has 0 saturated carbocycles. The summed E-state index contributed by atoms with van der Waals surface area (Å²) in [6, 6.07) is 8.23. The smallest absolute Gasteiger partial charge is 0.124 e. The molecule has 0 saturated heterocycles. The van der Waals surface area contributed by atoms with Crippen molar-refractivity contribution in [3.63, 3.8) is 0 Å². The highest BCUT2D eigenvalue weighted by Gasteiger charge is 2.35. The first kappa shape index (κ1) is 12.4. The second-order valence-corrected chi connectivity index (χ2v) is 5.14. The summed E-state index contributed by atoms with van der Waals surface area (Å²) in [6.07, 6.45) is 4.41. The summed E-state index contributed by atoms with van der Waals surface area (Å²) in [5.74, 6) is 1.69. The first-order valence-corrected chi connectivity index (χ1v) is 6.70. The van der Waals surface area contributed by atoms with E-state index in [4.69, 9.17) is 10.5 Å². The van der Waals surface area contributed by atoms with E-state index in [2.05, 4.69) is 26.0 Å². The van der Waals surface area contributed by atoms with Gasteiger partial charge in [0, 0.05) is 17.5 Å². The Hall–Kier alpha value is -1.02. The van der Waals surface area contributed by atoms with Crippen molar-refractivity contribution in [3.05, 3.63) is 29.8 Å². The van der Waals surface area contributed by atoms with E-state index in [-0.39, 0.29) is 5.54 Å². The number of para-hydroxylation sites is 1. The first-order chi connectivity index (χ1) is 8.19. The molecule has 0 spiro atoms. The van der Waals surface area contributed by atoms with Crippen LogP contribution in [-0.2, 0) is 5.54 Å². The van der Waals surface area contributed by atoms with E-state index in [9.17, 15) is 0 Å². The molecule has 0 radical (unpaired) electrons. The van der Waals surface area contributed by atoms with Crippen molar-refractivity contribution in [1.82, 2.24) is 0 Å². The average Bonchev–Trinajstić information content (AvgIpc) is 2.37. The third-order valence-electron chi connectivity index (χ3n) is 4.04. The zero-order valence-corrected chi connectivity index (χ0v) is 10.9. The number of nitrogens with two attached hydrogens (primary N) is 1. The van der Waals surface area contributed by atoms with Gasteiger partial charge in [0.1, 0.15) is 5.75 Å². The predicted molar refractivity (Wildman–Crippen MR) is 71.1 cm³/mol. The topological polar surface area (TPSA) is 35.2 Å². The van der Waals surface area contributed by atoms with E-state index < -0.39 is 0 Å². The summed E-state index contributed by atoms with van der Waals surface area (Å²) < 4.78 is 5.69. The molecule has 1 aromatic carbocycles. The van der Waals surface area contributed by atoms with Gasteiger partial charge in [0.05, 0.1) is 6.61 Å². The quantitative estimate of drug-likeness (QED) is 0.864. The van der Waals surface area contributed by atoms with Gasteiger partial charge in [-0.2, -0.15) is 0 Å². The fourth-order valence-electron chi connectivity index (χ4n) is 2.79. The van der Waals surface area contributed by atoms with Crippen LogP contribution in [-0.4, -0.2) is 6.61 Å². The van der Waals surface area contributed by atoms with Gasteiger partial charge in [0.15, 0.2) is 0 Å². The Balaban J connectivity index is 2.26. The van der Waals surface area contributed by atoms with Gasteiger partial charge in [0.2, 0.25) is 0 Å². The van der Waals surface area contributed by atoms with Gasteiger partial charge in [-0.25, -0.2) is 0 Å². The summed E-state index contributed by atoms with van der Waals surface area (Å²) in [4.78, 5) is 0. The average molecular weight is 233 g/mol. The largest absolute Gasteiger partial charge is 0.493 e. The lowest BCUT2D eigenvalue weighted by Crippen LogP contribution is -2.43. The molecule has 0 amide bonds. The van der Waals surface area contributed by atoms with Crippen molar-refractivity contribution in [2.75, 3.05) is 6.61 Å². The number of hydrogen-bond donors (Lipinski definition) is 1. The second kappa shape index (κ2) is 5.09. The zero-order valence-electron chi connectivity index (χ0n) is 10.9. The summed E-state index contributed by atoms with van der Waals surface area (Å²) in [6.45, 7) is 5.25. The standard InChI is InChI=1S/C15H23NO/c1-3-12(4-2)11-15(16)9-10-17-14-8-6-5-7-13(14)15/h5-8,12H,3-4,9-11,16H2,1-2H3. The zero-order chi connectivity index (χ0) is 12.3. The molecule has 94 valence electrons. The summed E-state index contributed by atoms with van der Waals surface area (Å²) >= 11 is 0. The van der Waals surface area contributed by atoms with E-state index in [1.807, 2.05) is 12.1 Å². The van der Waals surface area contributed by atoms with Gasteiger partial charge in [-0.05, 0) is 18.4 Å². The minimum absolute atomic E-state index is 0.189. The van der Waals surface area contributed by atoms with E-state index >= 15 is 0 Å². The van der Waals surface area contributed by atoms with Crippen LogP contribution >= 0.6 is 0 Å². The molecule has 1 aromatic rings. The van der Waals surface area contributed by atoms with Crippen LogP contribution in [0.25, 0.3) is 0 Å². The van der Waals surface area contributed by atoms with Crippen LogP contribution in [0.3, 0.4) is 0 Å². The molecule has 2 N–H and O–H groups in total. The van der Waals surface area contributed by atoms with E-state index in [0.717, 1.165) is 25.2 Å². The Bertz CT molecular complexity index is 373. The molecule has 0 aliphatic carbocycles. The minimum atomic E-state index is -0.189. The monoisotopic (exact) mass is 233 g/mol. The molecule has 1 unspecified atom stereocenters. The molecule has 1 aliphatic rings. The highest BCUT2D eigenvalue weighted by molar-refractivity contribution is 5.40. The highest BCUT2D eigenvalue weighted by atomic mass is 16.5. The van der Waals surface area contributed by atoms with Gasteiger partial charge in [-0.3, -0.25) is 0 Å². The Labute approximate surface area is 104 Å². The van der Waals surface area contributed by atoms with Crippen molar-refractivity contribution < 1.29 is 4.74 Å². The van der Waals surface area contributed by atoms with Crippen LogP contribution < -0.4 is 10.5 Å². The molecule has 1 atom stereocenters. The van der Waals surface area contributed by atoms with Crippen molar-refractivity contribution in [2.45, 2.75) is 45.1 Å². The molecule has 1 heterocycles. The second-order valence-electron chi connectivity index (χ2n) is 5.14. The molecule has 2 rings (SSSR count). The number of rotatable bonds is 4. The van der Waals surface area contributed by atoms with Crippen LogP contribution in [0.2, 0.25) is 0 Å². The van der Waals surface area contributed by atoms with Crippen LogP contribution in [0.4, 0.5) is 0 Å². The van der Waals surface area contributed by atoms with Crippen LogP contribution in [0.1, 0.15) is 45.1 Å². The van der Waals surface area contributed by atoms with E-state index in [1.165, 1.54) is 18.4 Å². The minimum Gasteiger partial charge on any atom is -0.493 e. The highest BCUT2D eigenvalue weighted by Crippen LogP contribution is 2.39. The van der Waals surface area contributed by atoms with Gasteiger partial charge >= 0.3 is 0 Å². The molecule has 17 heavy (non-hydrogen) atoms. The van der Waals surface area contributed by atoms with Crippen molar-refractivity contribution in [3.8, 4) is 5.75 Å². The third kappa shape index (κ3) is 2.47. The van der Waals surface area contributed by atoms with E-state index in [0.29, 0.717) is 5.92 Å². The van der Waals surface area contributed by atoms with Crippen molar-refractivity contribution in [2.24, 2.45) is 11.7 Å². The maximum atomic E-state index is 6.64. The lowest BCUT2D eigenvalue weighted by molar-refractivity contribution is 0.186. The lowest BCUT2D eigenvalue weighted by Gasteiger charge is -2.37. The molecular weight excluding hydrogens is 210 g/mol. The predicted octanol–water partition coefficient (Wildman–Crippen LogP) is 3.45. The Morgan fingerprint density at radius 1 is 1.29 bits per heavy atom. The molecule has 0 bridgehead atoms. The maximum absolute atomic E-state index is 6.64. The molecule has 2 heteroatoms. The molecular formula is C15H23NO.